The van der Waals surface area contributed by atoms with E-state index in [4.69, 9.17) is 9.47 Å². The van der Waals surface area contributed by atoms with E-state index in [2.05, 4.69) is 5.32 Å². The molecule has 0 aromatic heterocycles. The zero-order valence-corrected chi connectivity index (χ0v) is 20.6. The average molecular weight is 483 g/mol. The summed E-state index contributed by atoms with van der Waals surface area (Å²) in [7, 11) is -2.23. The first-order valence-electron chi connectivity index (χ1n) is 11.1. The summed E-state index contributed by atoms with van der Waals surface area (Å²) in [6.07, 6.45) is -0.824. The van der Waals surface area contributed by atoms with E-state index in [1.54, 1.807) is 20.8 Å². The van der Waals surface area contributed by atoms with Crippen LogP contribution in [0.4, 0.5) is 5.69 Å². The van der Waals surface area contributed by atoms with Crippen molar-refractivity contribution in [2.24, 2.45) is 0 Å². The first kappa shape index (κ1) is 25.3. The van der Waals surface area contributed by atoms with Crippen LogP contribution in [0.25, 0.3) is 11.1 Å². The van der Waals surface area contributed by atoms with Crippen molar-refractivity contribution in [3.8, 4) is 22.6 Å². The number of benzene rings is 3. The van der Waals surface area contributed by atoms with E-state index in [0.29, 0.717) is 24.6 Å². The van der Waals surface area contributed by atoms with E-state index in [1.165, 1.54) is 29.6 Å². The highest BCUT2D eigenvalue weighted by atomic mass is 32.2. The van der Waals surface area contributed by atoms with Gasteiger partial charge in [-0.1, -0.05) is 56.3 Å². The Morgan fingerprint density at radius 2 is 1.56 bits per heavy atom. The molecule has 0 unspecified atom stereocenters. The molecule has 0 fully saturated rings. The minimum atomic E-state index is -3.69. The molecule has 1 amide bonds. The second-order valence-corrected chi connectivity index (χ2v) is 9.53. The summed E-state index contributed by atoms with van der Waals surface area (Å²) in [5.41, 5.74) is 2.39. The molecule has 0 saturated heterocycles. The summed E-state index contributed by atoms with van der Waals surface area (Å²) < 4.78 is 38.2. The number of hydrogen-bond acceptors (Lipinski definition) is 5. The summed E-state index contributed by atoms with van der Waals surface area (Å²) in [4.78, 5) is 12.9. The van der Waals surface area contributed by atoms with Crippen LogP contribution in [0, 0.1) is 0 Å². The number of amides is 1. The number of ether oxygens (including phenoxy) is 2. The minimum Gasteiger partial charge on any atom is -0.495 e. The lowest BCUT2D eigenvalue weighted by Crippen LogP contribution is -2.31. The van der Waals surface area contributed by atoms with E-state index in [0.717, 1.165) is 11.1 Å². The lowest BCUT2D eigenvalue weighted by molar-refractivity contribution is -0.122. The molecule has 0 radical (unpaired) electrons. The zero-order chi connectivity index (χ0) is 24.7. The molecule has 180 valence electrons. The number of sulfonamides is 1. The second-order valence-electron chi connectivity index (χ2n) is 7.59. The molecule has 0 heterocycles. The van der Waals surface area contributed by atoms with Gasteiger partial charge in [0.05, 0.1) is 17.7 Å². The molecule has 0 spiro atoms. The number of carbonyl (C=O) groups is 1. The number of nitrogens with zero attached hydrogens (tertiary/aromatic N) is 1. The third-order valence-electron chi connectivity index (χ3n) is 5.42. The number of rotatable bonds is 10. The Labute approximate surface area is 201 Å². The van der Waals surface area contributed by atoms with Crippen molar-refractivity contribution in [3.05, 3.63) is 72.8 Å². The first-order chi connectivity index (χ1) is 16.3. The Bertz CT molecular complexity index is 1210. The highest BCUT2D eigenvalue weighted by Crippen LogP contribution is 2.29. The fourth-order valence-electron chi connectivity index (χ4n) is 3.51. The number of carbonyl (C=O) groups excluding carboxylic acids is 1. The van der Waals surface area contributed by atoms with Crippen molar-refractivity contribution in [1.82, 2.24) is 4.31 Å². The van der Waals surface area contributed by atoms with Gasteiger partial charge >= 0.3 is 0 Å². The summed E-state index contributed by atoms with van der Waals surface area (Å²) in [6, 6.07) is 21.8. The Hall–Kier alpha value is -3.36. The highest BCUT2D eigenvalue weighted by Gasteiger charge is 2.24. The van der Waals surface area contributed by atoms with Crippen LogP contribution in [0.2, 0.25) is 0 Å². The third kappa shape index (κ3) is 5.76. The van der Waals surface area contributed by atoms with E-state index in [-0.39, 0.29) is 10.6 Å². The molecule has 3 aromatic rings. The van der Waals surface area contributed by atoms with Crippen molar-refractivity contribution in [3.63, 3.8) is 0 Å². The molecule has 3 aromatic carbocycles. The lowest BCUT2D eigenvalue weighted by Gasteiger charge is -2.20. The van der Waals surface area contributed by atoms with Gasteiger partial charge in [-0.05, 0) is 48.4 Å². The van der Waals surface area contributed by atoms with Gasteiger partial charge in [0.1, 0.15) is 11.5 Å². The van der Waals surface area contributed by atoms with Crippen LogP contribution in [-0.2, 0) is 14.8 Å². The largest absolute Gasteiger partial charge is 0.495 e. The van der Waals surface area contributed by atoms with Crippen molar-refractivity contribution in [2.45, 2.75) is 31.8 Å². The van der Waals surface area contributed by atoms with Gasteiger partial charge in [0.15, 0.2) is 6.10 Å². The van der Waals surface area contributed by atoms with Gasteiger partial charge in [0, 0.05) is 13.1 Å². The van der Waals surface area contributed by atoms with Gasteiger partial charge in [-0.15, -0.1) is 0 Å². The molecule has 0 aliphatic carbocycles. The monoisotopic (exact) mass is 482 g/mol. The molecule has 8 heteroatoms. The van der Waals surface area contributed by atoms with Crippen molar-refractivity contribution < 1.29 is 22.7 Å². The van der Waals surface area contributed by atoms with Crippen molar-refractivity contribution in [1.29, 1.82) is 0 Å². The molecule has 1 N–H and O–H groups in total. The molecule has 7 nitrogen and oxygen atoms in total. The predicted octanol–water partition coefficient (Wildman–Crippen LogP) is 4.80. The predicted molar refractivity (Wildman–Crippen MR) is 134 cm³/mol. The van der Waals surface area contributed by atoms with Crippen LogP contribution in [0.1, 0.15) is 20.8 Å². The van der Waals surface area contributed by atoms with E-state index >= 15 is 0 Å². The van der Waals surface area contributed by atoms with Gasteiger partial charge in [0.25, 0.3) is 5.91 Å². The Morgan fingerprint density at radius 1 is 0.941 bits per heavy atom. The molecule has 1 atom stereocenters. The molecule has 0 aliphatic rings. The van der Waals surface area contributed by atoms with Crippen LogP contribution in [0.3, 0.4) is 0 Å². The maximum absolute atomic E-state index is 12.9. The Balaban J connectivity index is 1.74. The SMILES string of the molecule is CCN(CC)S(=O)(=O)c1ccc(OC)c(NC(=O)[C@@H](C)Oc2ccc(-c3ccccc3)cc2)c1. The van der Waals surface area contributed by atoms with Crippen molar-refractivity contribution >= 4 is 21.6 Å². The first-order valence-corrected chi connectivity index (χ1v) is 12.5. The summed E-state index contributed by atoms with van der Waals surface area (Å²) in [6.45, 7) is 5.88. The van der Waals surface area contributed by atoms with E-state index in [9.17, 15) is 13.2 Å². The van der Waals surface area contributed by atoms with Gasteiger partial charge in [-0.3, -0.25) is 4.79 Å². The third-order valence-corrected chi connectivity index (χ3v) is 7.46. The average Bonchev–Trinajstić information content (AvgIpc) is 2.85. The smallest absolute Gasteiger partial charge is 0.265 e. The van der Waals surface area contributed by atoms with Crippen LogP contribution < -0.4 is 14.8 Å². The molecular weight excluding hydrogens is 452 g/mol. The molecule has 0 saturated carbocycles. The molecule has 34 heavy (non-hydrogen) atoms. The van der Waals surface area contributed by atoms with Gasteiger partial charge in [0.2, 0.25) is 10.0 Å². The summed E-state index contributed by atoms with van der Waals surface area (Å²) in [5, 5.41) is 2.73. The Morgan fingerprint density at radius 3 is 2.15 bits per heavy atom. The minimum absolute atomic E-state index is 0.0809. The van der Waals surface area contributed by atoms with Gasteiger partial charge < -0.3 is 14.8 Å². The number of hydrogen-bond donors (Lipinski definition) is 1. The van der Waals surface area contributed by atoms with Crippen LogP contribution >= 0.6 is 0 Å². The van der Waals surface area contributed by atoms with E-state index < -0.39 is 22.0 Å². The Kier molecular flexibility index (Phi) is 8.31. The number of methoxy groups -OCH3 is 1. The highest BCUT2D eigenvalue weighted by molar-refractivity contribution is 7.89. The standard InChI is InChI=1S/C26H30N2O5S/c1-5-28(6-2)34(30,31)23-16-17-25(32-4)24(18-23)27-26(29)19(3)33-22-14-12-21(13-15-22)20-10-8-7-9-11-20/h7-19H,5-6H2,1-4H3,(H,27,29)/t19-/m1/s1. The molecule has 0 aliphatic heterocycles. The summed E-state index contributed by atoms with van der Waals surface area (Å²) in [5.74, 6) is 0.473. The quantitative estimate of drug-likeness (QED) is 0.449. The molecular formula is C26H30N2O5S. The van der Waals surface area contributed by atoms with Crippen LogP contribution in [0.15, 0.2) is 77.7 Å². The zero-order valence-electron chi connectivity index (χ0n) is 19.8. The van der Waals surface area contributed by atoms with Gasteiger partial charge in [-0.2, -0.15) is 4.31 Å². The molecule has 0 bridgehead atoms. The van der Waals surface area contributed by atoms with Gasteiger partial charge in [-0.25, -0.2) is 8.42 Å². The number of nitrogens with one attached hydrogen (secondary N) is 1. The maximum Gasteiger partial charge on any atom is 0.265 e. The van der Waals surface area contributed by atoms with Crippen LogP contribution in [-0.4, -0.2) is 44.9 Å². The maximum atomic E-state index is 12.9. The summed E-state index contributed by atoms with van der Waals surface area (Å²) >= 11 is 0. The number of anilines is 1. The van der Waals surface area contributed by atoms with Crippen molar-refractivity contribution in [2.75, 3.05) is 25.5 Å². The van der Waals surface area contributed by atoms with E-state index in [1.807, 2.05) is 54.6 Å². The fraction of sp³-hybridized carbons (Fsp3) is 0.269. The van der Waals surface area contributed by atoms with Crippen LogP contribution in [0.5, 0.6) is 11.5 Å². The molecule has 3 rings (SSSR count). The second kappa shape index (κ2) is 11.2. The topological polar surface area (TPSA) is 84.9 Å². The fourth-order valence-corrected chi connectivity index (χ4v) is 4.99. The normalized spacial score (nSPS) is 12.3. The lowest BCUT2D eigenvalue weighted by atomic mass is 10.1.